The number of fused-ring (bicyclic) bond motifs is 1. The molecule has 2 heteroatoms. The van der Waals surface area contributed by atoms with Crippen LogP contribution < -0.4 is 0 Å². The van der Waals surface area contributed by atoms with Gasteiger partial charge in [0, 0.05) is 5.56 Å². The van der Waals surface area contributed by atoms with Crippen LogP contribution in [0.2, 0.25) is 0 Å². The Morgan fingerprint density at radius 2 is 2.00 bits per heavy atom. The van der Waals surface area contributed by atoms with E-state index < -0.39 is 5.82 Å². The molecule has 2 rings (SSSR count). The monoisotopic (exact) mass is 202 g/mol. The van der Waals surface area contributed by atoms with Crippen molar-refractivity contribution in [1.82, 2.24) is 0 Å². The Kier molecular flexibility index (Phi) is 2.42. The molecule has 0 aromatic heterocycles. The Morgan fingerprint density at radius 3 is 2.73 bits per heavy atom. The van der Waals surface area contributed by atoms with E-state index in [4.69, 9.17) is 0 Å². The molecule has 0 radical (unpaired) electrons. The molecule has 0 spiro atoms. The van der Waals surface area contributed by atoms with E-state index >= 15 is 0 Å². The summed E-state index contributed by atoms with van der Waals surface area (Å²) >= 11 is 0. The quantitative estimate of drug-likeness (QED) is 0.747. The highest BCUT2D eigenvalue weighted by Crippen LogP contribution is 2.29. The van der Waals surface area contributed by atoms with Crippen molar-refractivity contribution in [3.05, 3.63) is 47.8 Å². The second-order valence-corrected chi connectivity index (χ2v) is 3.34. The predicted octanol–water partition coefficient (Wildman–Crippen LogP) is 3.72. The van der Waals surface area contributed by atoms with Crippen LogP contribution in [0.15, 0.2) is 36.4 Å². The molecule has 2 aromatic carbocycles. The largest absolute Gasteiger partial charge is 0.505 e. The number of hydrogen-bond acceptors (Lipinski definition) is 1. The van der Waals surface area contributed by atoms with E-state index in [2.05, 4.69) is 0 Å². The van der Waals surface area contributed by atoms with Gasteiger partial charge in [0.25, 0.3) is 0 Å². The Hall–Kier alpha value is -1.83. The first-order valence-electron chi connectivity index (χ1n) is 4.77. The van der Waals surface area contributed by atoms with Crippen LogP contribution in [-0.2, 0) is 0 Å². The normalized spacial score (nSPS) is 11.3. The van der Waals surface area contributed by atoms with Crippen molar-refractivity contribution in [2.75, 3.05) is 0 Å². The van der Waals surface area contributed by atoms with Crippen molar-refractivity contribution in [2.45, 2.75) is 6.92 Å². The van der Waals surface area contributed by atoms with Gasteiger partial charge in [-0.15, -0.1) is 0 Å². The Morgan fingerprint density at radius 1 is 1.27 bits per heavy atom. The highest BCUT2D eigenvalue weighted by atomic mass is 19.1. The molecule has 2 aromatic rings. The third kappa shape index (κ3) is 1.59. The van der Waals surface area contributed by atoms with Crippen LogP contribution in [0.1, 0.15) is 12.5 Å². The number of allylic oxidation sites excluding steroid dienone is 1. The molecule has 0 heterocycles. The van der Waals surface area contributed by atoms with E-state index in [0.29, 0.717) is 5.56 Å². The zero-order chi connectivity index (χ0) is 10.8. The van der Waals surface area contributed by atoms with Crippen LogP contribution in [0.25, 0.3) is 16.8 Å². The fourth-order valence-corrected chi connectivity index (χ4v) is 1.66. The van der Waals surface area contributed by atoms with Gasteiger partial charge in [0.05, 0.1) is 0 Å². The molecule has 15 heavy (non-hydrogen) atoms. The van der Waals surface area contributed by atoms with Crippen LogP contribution in [0, 0.1) is 5.82 Å². The molecule has 0 aliphatic carbocycles. The van der Waals surface area contributed by atoms with Gasteiger partial charge >= 0.3 is 0 Å². The minimum Gasteiger partial charge on any atom is -0.505 e. The maximum Gasteiger partial charge on any atom is 0.172 e. The minimum absolute atomic E-state index is 0.304. The van der Waals surface area contributed by atoms with E-state index in [-0.39, 0.29) is 5.75 Å². The molecule has 0 saturated carbocycles. The van der Waals surface area contributed by atoms with E-state index in [1.165, 1.54) is 6.07 Å². The first kappa shape index (κ1) is 9.71. The number of aromatic hydroxyl groups is 1. The second kappa shape index (κ2) is 3.73. The van der Waals surface area contributed by atoms with Crippen molar-refractivity contribution in [2.24, 2.45) is 0 Å². The van der Waals surface area contributed by atoms with Gasteiger partial charge in [0.2, 0.25) is 0 Å². The first-order chi connectivity index (χ1) is 7.24. The third-order valence-electron chi connectivity index (χ3n) is 2.34. The van der Waals surface area contributed by atoms with Gasteiger partial charge in [0.1, 0.15) is 0 Å². The summed E-state index contributed by atoms with van der Waals surface area (Å²) in [5.74, 6) is -0.867. The van der Waals surface area contributed by atoms with Crippen molar-refractivity contribution >= 4 is 16.8 Å². The summed E-state index contributed by atoms with van der Waals surface area (Å²) in [5, 5.41) is 11.1. The van der Waals surface area contributed by atoms with Gasteiger partial charge in [0.15, 0.2) is 11.6 Å². The fourth-order valence-electron chi connectivity index (χ4n) is 1.66. The average Bonchev–Trinajstić information content (AvgIpc) is 2.25. The van der Waals surface area contributed by atoms with Crippen molar-refractivity contribution < 1.29 is 9.50 Å². The van der Waals surface area contributed by atoms with E-state index in [1.807, 2.05) is 31.2 Å². The van der Waals surface area contributed by atoms with Gasteiger partial charge < -0.3 is 5.11 Å². The lowest BCUT2D eigenvalue weighted by atomic mass is 10.0. The van der Waals surface area contributed by atoms with Crippen LogP contribution in [0.3, 0.4) is 0 Å². The zero-order valence-electron chi connectivity index (χ0n) is 8.37. The van der Waals surface area contributed by atoms with Crippen molar-refractivity contribution in [3.63, 3.8) is 0 Å². The molecule has 0 aliphatic rings. The van der Waals surface area contributed by atoms with Gasteiger partial charge in [-0.25, -0.2) is 4.39 Å². The topological polar surface area (TPSA) is 20.2 Å². The van der Waals surface area contributed by atoms with Crippen LogP contribution >= 0.6 is 0 Å². The molecule has 0 aliphatic heterocycles. The summed E-state index contributed by atoms with van der Waals surface area (Å²) in [7, 11) is 0. The Balaban J connectivity index is 2.89. The van der Waals surface area contributed by atoms with E-state index in [0.717, 1.165) is 10.8 Å². The van der Waals surface area contributed by atoms with Crippen molar-refractivity contribution in [1.29, 1.82) is 0 Å². The van der Waals surface area contributed by atoms with Gasteiger partial charge in [-0.05, 0) is 23.8 Å². The van der Waals surface area contributed by atoms with Gasteiger partial charge in [-0.1, -0.05) is 36.4 Å². The minimum atomic E-state index is -0.563. The first-order valence-corrected chi connectivity index (χ1v) is 4.77. The standard InChI is InChI=1S/C13H11FO/c1-2-5-11-10-7-4-3-6-9(10)8-12(15)13(11)14/h2-8,15H,1H3/b5-2+. The lowest BCUT2D eigenvalue weighted by Gasteiger charge is -2.05. The summed E-state index contributed by atoms with van der Waals surface area (Å²) in [4.78, 5) is 0. The highest BCUT2D eigenvalue weighted by Gasteiger charge is 2.09. The average molecular weight is 202 g/mol. The predicted molar refractivity (Wildman–Crippen MR) is 60.3 cm³/mol. The summed E-state index contributed by atoms with van der Waals surface area (Å²) in [6, 6.07) is 8.84. The third-order valence-corrected chi connectivity index (χ3v) is 2.34. The molecule has 0 amide bonds. The fraction of sp³-hybridized carbons (Fsp3) is 0.0769. The van der Waals surface area contributed by atoms with Crippen LogP contribution in [0.5, 0.6) is 5.75 Å². The molecule has 1 nitrogen and oxygen atoms in total. The van der Waals surface area contributed by atoms with Gasteiger partial charge in [-0.3, -0.25) is 0 Å². The smallest absolute Gasteiger partial charge is 0.172 e. The van der Waals surface area contributed by atoms with E-state index in [9.17, 15) is 9.50 Å². The molecule has 0 atom stereocenters. The molecular formula is C13H11FO. The lowest BCUT2D eigenvalue weighted by molar-refractivity contribution is 0.433. The summed E-state index contributed by atoms with van der Waals surface area (Å²) < 4.78 is 13.6. The number of hydrogen-bond donors (Lipinski definition) is 1. The Labute approximate surface area is 87.5 Å². The molecular weight excluding hydrogens is 191 g/mol. The summed E-state index contributed by atoms with van der Waals surface area (Å²) in [6.45, 7) is 1.82. The summed E-state index contributed by atoms with van der Waals surface area (Å²) in [5.41, 5.74) is 0.438. The van der Waals surface area contributed by atoms with Crippen molar-refractivity contribution in [3.8, 4) is 5.75 Å². The zero-order valence-corrected chi connectivity index (χ0v) is 8.37. The molecule has 0 bridgehead atoms. The highest BCUT2D eigenvalue weighted by molar-refractivity contribution is 5.92. The maximum atomic E-state index is 13.6. The van der Waals surface area contributed by atoms with E-state index in [1.54, 1.807) is 12.2 Å². The molecule has 1 N–H and O–H groups in total. The maximum absolute atomic E-state index is 13.6. The second-order valence-electron chi connectivity index (χ2n) is 3.34. The van der Waals surface area contributed by atoms with Crippen LogP contribution in [0.4, 0.5) is 4.39 Å². The summed E-state index contributed by atoms with van der Waals surface area (Å²) in [6.07, 6.45) is 3.42. The molecule has 0 saturated heterocycles. The number of halogens is 1. The van der Waals surface area contributed by atoms with Crippen LogP contribution in [-0.4, -0.2) is 5.11 Å². The Bertz CT molecular complexity index is 529. The number of benzene rings is 2. The molecule has 0 fully saturated rings. The number of phenolic OH excluding ortho intramolecular Hbond substituents is 1. The molecule has 76 valence electrons. The molecule has 0 unspecified atom stereocenters. The van der Waals surface area contributed by atoms with Gasteiger partial charge in [-0.2, -0.15) is 0 Å². The number of rotatable bonds is 1. The lowest BCUT2D eigenvalue weighted by Crippen LogP contribution is -1.86. The number of phenols is 1. The SMILES string of the molecule is C/C=C/c1c(F)c(O)cc2ccccc12.